The number of hydrogen-bond acceptors (Lipinski definition) is 8. The molecule has 0 radical (unpaired) electrons. The molecule has 1 fully saturated rings. The van der Waals surface area contributed by atoms with Crippen LogP contribution in [0.4, 0.5) is 0 Å². The van der Waals surface area contributed by atoms with Crippen LogP contribution in [0.5, 0.6) is 0 Å². The molecule has 2 heterocycles. The first-order chi connectivity index (χ1) is 13.2. The molecule has 1 amide bonds. The van der Waals surface area contributed by atoms with Gasteiger partial charge in [-0.1, -0.05) is 17.8 Å². The number of nitrogens with one attached hydrogen (secondary N) is 1. The van der Waals surface area contributed by atoms with Gasteiger partial charge in [0.2, 0.25) is 5.91 Å². The quantitative estimate of drug-likeness (QED) is 0.402. The Morgan fingerprint density at radius 2 is 1.86 bits per heavy atom. The molecule has 5 atom stereocenters. The Hall–Kier alpha value is -2.40. The lowest BCUT2D eigenvalue weighted by atomic mass is 9.76. The minimum Gasteiger partial charge on any atom is -0.481 e. The van der Waals surface area contributed by atoms with Gasteiger partial charge in [-0.05, 0) is 13.0 Å². The van der Waals surface area contributed by atoms with E-state index < -0.39 is 47.3 Å². The van der Waals surface area contributed by atoms with E-state index in [9.17, 15) is 29.4 Å². The number of amides is 1. The number of aliphatic carboxylic acids is 2. The molecule has 0 saturated carbocycles. The van der Waals surface area contributed by atoms with Crippen LogP contribution in [0, 0.1) is 11.8 Å². The summed E-state index contributed by atoms with van der Waals surface area (Å²) in [6.07, 6.45) is 1.41. The van der Waals surface area contributed by atoms with Crippen LogP contribution in [0.3, 0.4) is 0 Å². The van der Waals surface area contributed by atoms with Gasteiger partial charge in [-0.15, -0.1) is 0 Å². The minimum atomic E-state index is -1.12. The van der Waals surface area contributed by atoms with Gasteiger partial charge in [0.05, 0.1) is 25.0 Å². The third-order valence-corrected chi connectivity index (χ3v) is 5.42. The summed E-state index contributed by atoms with van der Waals surface area (Å²) < 4.78 is 10.9. The second-order valence-corrected chi connectivity index (χ2v) is 7.49. The van der Waals surface area contributed by atoms with Gasteiger partial charge in [-0.3, -0.25) is 24.2 Å². The highest BCUT2D eigenvalue weighted by Gasteiger charge is 2.50. The van der Waals surface area contributed by atoms with Gasteiger partial charge in [-0.25, -0.2) is 0 Å². The average molecular weight is 414 g/mol. The molecule has 3 N–H and O–H groups in total. The van der Waals surface area contributed by atoms with Gasteiger partial charge in [0.25, 0.3) is 0 Å². The number of carbonyl (C=O) groups excluding carboxylic acids is 2. The van der Waals surface area contributed by atoms with Crippen molar-refractivity contribution >= 4 is 40.7 Å². The van der Waals surface area contributed by atoms with E-state index in [2.05, 4.69) is 10.3 Å². The summed E-state index contributed by atoms with van der Waals surface area (Å²) in [5.74, 6) is -4.53. The summed E-state index contributed by atoms with van der Waals surface area (Å²) >= 11 is 1.12. The molecular formula is C17H22N2O8S. The third kappa shape index (κ3) is 5.80. The first-order valence-corrected chi connectivity index (χ1v) is 9.49. The first-order valence-electron chi connectivity index (χ1n) is 8.61. The van der Waals surface area contributed by atoms with Crippen LogP contribution in [0.25, 0.3) is 0 Å². The summed E-state index contributed by atoms with van der Waals surface area (Å²) in [6.45, 7) is 2.72. The van der Waals surface area contributed by atoms with Crippen molar-refractivity contribution in [1.82, 2.24) is 5.32 Å². The Kier molecular flexibility index (Phi) is 7.58. The number of amidine groups is 1. The molecule has 0 spiro atoms. The SMILES string of the molecule is C/C=C/C(=O)NC1=N[C@@H]2[C@H](CC(=O)O)[C@H](CC(=O)O)[C@H](COC(C)=O)O[C@@H]2S1. The first kappa shape index (κ1) is 21.9. The Bertz CT molecular complexity index is 707. The lowest BCUT2D eigenvalue weighted by Crippen LogP contribution is -2.50. The monoisotopic (exact) mass is 414 g/mol. The fraction of sp³-hybridized carbons (Fsp3) is 0.588. The van der Waals surface area contributed by atoms with Gasteiger partial charge in [0.1, 0.15) is 12.0 Å². The molecule has 154 valence electrons. The minimum absolute atomic E-state index is 0.187. The van der Waals surface area contributed by atoms with E-state index in [-0.39, 0.29) is 30.5 Å². The van der Waals surface area contributed by atoms with E-state index in [0.29, 0.717) is 0 Å². The van der Waals surface area contributed by atoms with Crippen LogP contribution in [-0.4, -0.2) is 63.4 Å². The molecule has 0 aromatic carbocycles. The summed E-state index contributed by atoms with van der Waals surface area (Å²) in [5, 5.41) is 21.4. The average Bonchev–Trinajstić information content (AvgIpc) is 2.96. The number of rotatable bonds is 7. The van der Waals surface area contributed by atoms with Crippen molar-refractivity contribution in [3.05, 3.63) is 12.2 Å². The Balaban J connectivity index is 2.28. The van der Waals surface area contributed by atoms with E-state index in [0.717, 1.165) is 11.8 Å². The summed E-state index contributed by atoms with van der Waals surface area (Å²) in [5.41, 5.74) is -0.615. The summed E-state index contributed by atoms with van der Waals surface area (Å²) in [4.78, 5) is 50.0. The second kappa shape index (κ2) is 9.69. The number of esters is 1. The maximum absolute atomic E-state index is 11.8. The van der Waals surface area contributed by atoms with Crippen molar-refractivity contribution in [3.8, 4) is 0 Å². The molecule has 0 aromatic rings. The molecule has 10 nitrogen and oxygen atoms in total. The number of aliphatic imine (C=N–C) groups is 1. The third-order valence-electron chi connectivity index (χ3n) is 4.37. The van der Waals surface area contributed by atoms with Crippen molar-refractivity contribution in [1.29, 1.82) is 0 Å². The van der Waals surface area contributed by atoms with Gasteiger partial charge < -0.3 is 25.0 Å². The van der Waals surface area contributed by atoms with E-state index in [1.807, 2.05) is 0 Å². The second-order valence-electron chi connectivity index (χ2n) is 6.40. The molecule has 0 bridgehead atoms. The maximum atomic E-state index is 11.8. The number of carboxylic acids is 2. The molecular weight excluding hydrogens is 392 g/mol. The standard InChI is InChI=1S/C17H22N2O8S/c1-3-4-12(21)18-17-19-15-10(6-14(24)25)9(5-13(22)23)11(7-26-8(2)20)27-16(15)28-17/h3-4,9-11,15-16H,5-7H2,1-2H3,(H,22,23)(H,24,25)(H,18,19,21)/b4-3+/t9-,10+,11-,15+,16+/m0/s1. The molecule has 0 aromatic heterocycles. The van der Waals surface area contributed by atoms with Crippen molar-refractivity contribution in [3.63, 3.8) is 0 Å². The van der Waals surface area contributed by atoms with Crippen LogP contribution in [0.1, 0.15) is 26.7 Å². The largest absolute Gasteiger partial charge is 0.481 e. The van der Waals surface area contributed by atoms with Crippen molar-refractivity contribution in [2.45, 2.75) is 44.3 Å². The molecule has 28 heavy (non-hydrogen) atoms. The summed E-state index contributed by atoms with van der Waals surface area (Å²) in [7, 11) is 0. The zero-order valence-electron chi connectivity index (χ0n) is 15.4. The fourth-order valence-corrected chi connectivity index (χ4v) is 4.46. The van der Waals surface area contributed by atoms with Crippen LogP contribution in [-0.2, 0) is 28.7 Å². The maximum Gasteiger partial charge on any atom is 0.303 e. The Morgan fingerprint density at radius 1 is 1.21 bits per heavy atom. The number of fused-ring (bicyclic) bond motifs is 1. The lowest BCUT2D eigenvalue weighted by molar-refractivity contribution is -0.162. The highest BCUT2D eigenvalue weighted by molar-refractivity contribution is 8.14. The lowest BCUT2D eigenvalue weighted by Gasteiger charge is -2.42. The molecule has 1 saturated heterocycles. The van der Waals surface area contributed by atoms with Crippen molar-refractivity contribution in [2.24, 2.45) is 16.8 Å². The van der Waals surface area contributed by atoms with Crippen LogP contribution in [0.2, 0.25) is 0 Å². The highest BCUT2D eigenvalue weighted by atomic mass is 32.2. The van der Waals surface area contributed by atoms with Gasteiger partial charge >= 0.3 is 17.9 Å². The predicted molar refractivity (Wildman–Crippen MR) is 98.6 cm³/mol. The van der Waals surface area contributed by atoms with E-state index in [4.69, 9.17) is 9.47 Å². The van der Waals surface area contributed by atoms with E-state index in [1.165, 1.54) is 13.0 Å². The predicted octanol–water partition coefficient (Wildman–Crippen LogP) is 0.620. The van der Waals surface area contributed by atoms with Crippen molar-refractivity contribution < 1.29 is 38.9 Å². The van der Waals surface area contributed by atoms with Crippen LogP contribution in [0.15, 0.2) is 17.1 Å². The number of nitrogens with zero attached hydrogens (tertiary/aromatic N) is 1. The molecule has 2 rings (SSSR count). The zero-order chi connectivity index (χ0) is 20.8. The molecule has 2 aliphatic rings. The van der Waals surface area contributed by atoms with Gasteiger partial charge in [0, 0.05) is 18.8 Å². The number of carbonyl (C=O) groups is 4. The van der Waals surface area contributed by atoms with Gasteiger partial charge in [0.15, 0.2) is 5.17 Å². The van der Waals surface area contributed by atoms with Crippen molar-refractivity contribution in [2.75, 3.05) is 6.61 Å². The van der Waals surface area contributed by atoms with E-state index in [1.54, 1.807) is 13.0 Å². The fourth-order valence-electron chi connectivity index (χ4n) is 3.30. The number of ether oxygens (including phenoxy) is 2. The van der Waals surface area contributed by atoms with E-state index >= 15 is 0 Å². The smallest absolute Gasteiger partial charge is 0.303 e. The molecule has 11 heteroatoms. The normalized spacial score (nSPS) is 29.1. The van der Waals surface area contributed by atoms with Gasteiger partial charge in [-0.2, -0.15) is 0 Å². The number of hydrogen-bond donors (Lipinski definition) is 3. The zero-order valence-corrected chi connectivity index (χ0v) is 16.2. The molecule has 0 unspecified atom stereocenters. The summed E-state index contributed by atoms with van der Waals surface area (Å²) in [6, 6.07) is -0.639. The highest BCUT2D eigenvalue weighted by Crippen LogP contribution is 2.44. The topological polar surface area (TPSA) is 152 Å². The Morgan fingerprint density at radius 3 is 2.43 bits per heavy atom. The number of thioether (sulfide) groups is 1. The molecule has 0 aliphatic carbocycles. The van der Waals surface area contributed by atoms with Crippen LogP contribution >= 0.6 is 11.8 Å². The number of allylic oxidation sites excluding steroid dienone is 1. The van der Waals surface area contributed by atoms with Crippen LogP contribution < -0.4 is 5.32 Å². The Labute approximate surface area is 165 Å². The molecule has 2 aliphatic heterocycles. The number of carboxylic acid groups (broad SMARTS) is 2.